The van der Waals surface area contributed by atoms with Crippen molar-refractivity contribution < 1.29 is 14.0 Å². The number of halogens is 1. The first-order valence-electron chi connectivity index (χ1n) is 7.58. The Labute approximate surface area is 129 Å². The van der Waals surface area contributed by atoms with Crippen LogP contribution in [0.3, 0.4) is 0 Å². The summed E-state index contributed by atoms with van der Waals surface area (Å²) in [6.45, 7) is 1.77. The van der Waals surface area contributed by atoms with Gasteiger partial charge < -0.3 is 11.1 Å². The van der Waals surface area contributed by atoms with Crippen LogP contribution in [0.2, 0.25) is 0 Å². The zero-order valence-electron chi connectivity index (χ0n) is 12.6. The Hall–Kier alpha value is -1.95. The summed E-state index contributed by atoms with van der Waals surface area (Å²) in [6.07, 6.45) is 2.29. The summed E-state index contributed by atoms with van der Waals surface area (Å²) in [6, 6.07) is 6.63. The third-order valence-electron chi connectivity index (χ3n) is 3.91. The molecule has 0 aliphatic carbocycles. The number of carbonyl (C=O) groups is 2. The van der Waals surface area contributed by atoms with Gasteiger partial charge in [0.1, 0.15) is 5.82 Å². The Morgan fingerprint density at radius 3 is 2.59 bits per heavy atom. The predicted molar refractivity (Wildman–Crippen MR) is 81.5 cm³/mol. The van der Waals surface area contributed by atoms with E-state index in [-0.39, 0.29) is 36.6 Å². The number of benzene rings is 1. The van der Waals surface area contributed by atoms with Crippen LogP contribution in [0.25, 0.3) is 0 Å². The minimum Gasteiger partial charge on any atom is -0.369 e. The molecule has 22 heavy (non-hydrogen) atoms. The van der Waals surface area contributed by atoms with E-state index in [1.54, 1.807) is 18.2 Å². The Kier molecular flexibility index (Phi) is 5.89. The number of nitrogens with two attached hydrogens (primary N) is 1. The molecule has 0 unspecified atom stereocenters. The molecule has 0 atom stereocenters. The highest BCUT2D eigenvalue weighted by Gasteiger charge is 2.21. The molecule has 0 aromatic heterocycles. The molecule has 2 rings (SSSR count). The van der Waals surface area contributed by atoms with Gasteiger partial charge in [0.25, 0.3) is 0 Å². The molecule has 120 valence electrons. The molecule has 3 N–H and O–H groups in total. The molecule has 2 amide bonds. The molecule has 5 nitrogen and oxygen atoms in total. The first-order chi connectivity index (χ1) is 10.5. The second-order valence-corrected chi connectivity index (χ2v) is 5.68. The van der Waals surface area contributed by atoms with Gasteiger partial charge in [-0.2, -0.15) is 0 Å². The SMILES string of the molecule is NC(=O)CN1CCC(NC(=O)CCc2ccccc2F)CC1. The smallest absolute Gasteiger partial charge is 0.231 e. The lowest BCUT2D eigenvalue weighted by atomic mass is 10.0. The molecule has 1 aromatic rings. The van der Waals surface area contributed by atoms with Gasteiger partial charge in [-0.1, -0.05) is 18.2 Å². The second-order valence-electron chi connectivity index (χ2n) is 5.68. The molecule has 0 saturated carbocycles. The second kappa shape index (κ2) is 7.89. The number of amides is 2. The molecule has 6 heteroatoms. The van der Waals surface area contributed by atoms with Crippen molar-refractivity contribution in [1.29, 1.82) is 0 Å². The van der Waals surface area contributed by atoms with Crippen LogP contribution in [0.5, 0.6) is 0 Å². The van der Waals surface area contributed by atoms with E-state index < -0.39 is 0 Å². The van der Waals surface area contributed by atoms with E-state index in [1.165, 1.54) is 6.07 Å². The number of hydrogen-bond donors (Lipinski definition) is 2. The van der Waals surface area contributed by atoms with Crippen LogP contribution in [-0.2, 0) is 16.0 Å². The summed E-state index contributed by atoms with van der Waals surface area (Å²) in [7, 11) is 0. The highest BCUT2D eigenvalue weighted by molar-refractivity contribution is 5.76. The quantitative estimate of drug-likeness (QED) is 0.817. The van der Waals surface area contributed by atoms with Gasteiger partial charge in [0.05, 0.1) is 6.54 Å². The van der Waals surface area contributed by atoms with Crippen LogP contribution >= 0.6 is 0 Å². The maximum absolute atomic E-state index is 13.5. The maximum Gasteiger partial charge on any atom is 0.231 e. The lowest BCUT2D eigenvalue weighted by Crippen LogP contribution is -2.46. The number of carbonyl (C=O) groups excluding carboxylic acids is 2. The van der Waals surface area contributed by atoms with Crippen molar-refractivity contribution in [3.05, 3.63) is 35.6 Å². The van der Waals surface area contributed by atoms with Crippen LogP contribution < -0.4 is 11.1 Å². The number of aryl methyl sites for hydroxylation is 1. The fourth-order valence-electron chi connectivity index (χ4n) is 2.70. The minimum atomic E-state index is -0.327. The number of likely N-dealkylation sites (tertiary alicyclic amines) is 1. The van der Waals surface area contributed by atoms with Crippen molar-refractivity contribution >= 4 is 11.8 Å². The highest BCUT2D eigenvalue weighted by Crippen LogP contribution is 2.12. The van der Waals surface area contributed by atoms with Gasteiger partial charge in [-0.25, -0.2) is 4.39 Å². The fourth-order valence-corrected chi connectivity index (χ4v) is 2.70. The van der Waals surface area contributed by atoms with Gasteiger partial charge in [0.15, 0.2) is 0 Å². The number of hydrogen-bond acceptors (Lipinski definition) is 3. The summed E-state index contributed by atoms with van der Waals surface area (Å²) >= 11 is 0. The molecule has 1 aliphatic rings. The van der Waals surface area contributed by atoms with Gasteiger partial charge in [0.2, 0.25) is 11.8 Å². The van der Waals surface area contributed by atoms with Crippen LogP contribution in [0.1, 0.15) is 24.8 Å². The summed E-state index contributed by atoms with van der Waals surface area (Å²) in [5.41, 5.74) is 5.73. The van der Waals surface area contributed by atoms with Crippen molar-refractivity contribution in [1.82, 2.24) is 10.2 Å². The number of nitrogens with one attached hydrogen (secondary N) is 1. The van der Waals surface area contributed by atoms with Gasteiger partial charge >= 0.3 is 0 Å². The van der Waals surface area contributed by atoms with Gasteiger partial charge in [-0.15, -0.1) is 0 Å². The van der Waals surface area contributed by atoms with E-state index in [0.717, 1.165) is 25.9 Å². The Morgan fingerprint density at radius 1 is 1.27 bits per heavy atom. The first kappa shape index (κ1) is 16.4. The molecule has 1 aliphatic heterocycles. The lowest BCUT2D eigenvalue weighted by Gasteiger charge is -2.31. The molecule has 0 spiro atoms. The molecule has 0 radical (unpaired) electrons. The van der Waals surface area contributed by atoms with Crippen LogP contribution in [0.4, 0.5) is 4.39 Å². The summed E-state index contributed by atoms with van der Waals surface area (Å²) < 4.78 is 13.5. The van der Waals surface area contributed by atoms with Gasteiger partial charge in [-0.05, 0) is 30.9 Å². The average molecular weight is 307 g/mol. The zero-order chi connectivity index (χ0) is 15.9. The predicted octanol–water partition coefficient (Wildman–Crippen LogP) is 0.824. The first-order valence-corrected chi connectivity index (χ1v) is 7.58. The topological polar surface area (TPSA) is 75.4 Å². The molecule has 1 fully saturated rings. The summed E-state index contributed by atoms with van der Waals surface area (Å²) in [5.74, 6) is -0.654. The number of primary amides is 1. The number of nitrogens with zero attached hydrogens (tertiary/aromatic N) is 1. The average Bonchev–Trinajstić information content (AvgIpc) is 2.48. The number of piperidine rings is 1. The van der Waals surface area contributed by atoms with Crippen LogP contribution in [-0.4, -0.2) is 42.4 Å². The maximum atomic E-state index is 13.5. The monoisotopic (exact) mass is 307 g/mol. The largest absolute Gasteiger partial charge is 0.369 e. The Balaban J connectivity index is 1.70. The van der Waals surface area contributed by atoms with E-state index in [9.17, 15) is 14.0 Å². The molecular weight excluding hydrogens is 285 g/mol. The highest BCUT2D eigenvalue weighted by atomic mass is 19.1. The van der Waals surface area contributed by atoms with Crippen molar-refractivity contribution in [2.75, 3.05) is 19.6 Å². The molecule has 1 heterocycles. The van der Waals surface area contributed by atoms with E-state index in [4.69, 9.17) is 5.73 Å². The van der Waals surface area contributed by atoms with Crippen molar-refractivity contribution in [2.45, 2.75) is 31.7 Å². The molecule has 0 bridgehead atoms. The van der Waals surface area contributed by atoms with Crippen molar-refractivity contribution in [3.63, 3.8) is 0 Å². The van der Waals surface area contributed by atoms with E-state index in [0.29, 0.717) is 12.0 Å². The lowest BCUT2D eigenvalue weighted by molar-refractivity contribution is -0.123. The fraction of sp³-hybridized carbons (Fsp3) is 0.500. The van der Waals surface area contributed by atoms with E-state index in [2.05, 4.69) is 5.32 Å². The minimum absolute atomic E-state index is 0.0587. The van der Waals surface area contributed by atoms with Crippen LogP contribution in [0.15, 0.2) is 24.3 Å². The Bertz CT molecular complexity index is 528. The van der Waals surface area contributed by atoms with Crippen molar-refractivity contribution in [2.24, 2.45) is 5.73 Å². The van der Waals surface area contributed by atoms with E-state index >= 15 is 0 Å². The normalized spacial score (nSPS) is 16.4. The third kappa shape index (κ3) is 5.11. The summed E-state index contributed by atoms with van der Waals surface area (Å²) in [4.78, 5) is 24.8. The van der Waals surface area contributed by atoms with E-state index in [1.807, 2.05) is 4.90 Å². The van der Waals surface area contributed by atoms with Crippen LogP contribution in [0, 0.1) is 5.82 Å². The van der Waals surface area contributed by atoms with Gasteiger partial charge in [-0.3, -0.25) is 14.5 Å². The molecular formula is C16H22FN3O2. The zero-order valence-corrected chi connectivity index (χ0v) is 12.6. The number of rotatable bonds is 6. The molecule has 1 saturated heterocycles. The molecule has 1 aromatic carbocycles. The summed E-state index contributed by atoms with van der Waals surface area (Å²) in [5, 5.41) is 2.98. The third-order valence-corrected chi connectivity index (χ3v) is 3.91. The van der Waals surface area contributed by atoms with Gasteiger partial charge in [0, 0.05) is 25.6 Å². The standard InChI is InChI=1S/C16H22FN3O2/c17-14-4-2-1-3-12(14)5-6-16(22)19-13-7-9-20(10-8-13)11-15(18)21/h1-4,13H,5-11H2,(H2,18,21)(H,19,22). The van der Waals surface area contributed by atoms with Crippen molar-refractivity contribution in [3.8, 4) is 0 Å². The Morgan fingerprint density at radius 2 is 1.95 bits per heavy atom.